The largest absolute Gasteiger partial charge is 0.396 e. The number of nitrogens with zero attached hydrogens (tertiary/aromatic N) is 1. The number of nitro groups is 1. The van der Waals surface area contributed by atoms with Crippen molar-refractivity contribution in [2.45, 2.75) is 19.4 Å². The summed E-state index contributed by atoms with van der Waals surface area (Å²) >= 11 is 0. The minimum Gasteiger partial charge on any atom is -0.396 e. The summed E-state index contributed by atoms with van der Waals surface area (Å²) in [6.07, 6.45) is -0.261. The van der Waals surface area contributed by atoms with Gasteiger partial charge in [0, 0.05) is 26.2 Å². The monoisotopic (exact) mass is 255 g/mol. The van der Waals surface area contributed by atoms with Gasteiger partial charge < -0.3 is 14.6 Å². The second-order valence-corrected chi connectivity index (χ2v) is 3.89. The molecule has 0 heterocycles. The molecule has 0 aromatic heterocycles. The molecule has 0 aliphatic heterocycles. The van der Waals surface area contributed by atoms with Gasteiger partial charge in [-0.15, -0.1) is 0 Å². The standard InChI is InChI=1S/C12H17NO5/c1-9-3-4-11(13(15)16)10(7-9)12(5-6-14)18-8-17-2/h3-4,7,12,14H,5-6,8H2,1-2H3. The Bertz CT molecular complexity index is 407. The number of nitro benzene ring substituents is 1. The molecule has 0 aliphatic rings. The summed E-state index contributed by atoms with van der Waals surface area (Å²) in [7, 11) is 1.47. The van der Waals surface area contributed by atoms with E-state index in [1.165, 1.54) is 13.2 Å². The molecule has 0 saturated heterocycles. The summed E-state index contributed by atoms with van der Waals surface area (Å²) in [4.78, 5) is 10.5. The minimum atomic E-state index is -0.546. The predicted molar refractivity (Wildman–Crippen MR) is 65.2 cm³/mol. The first-order valence-electron chi connectivity index (χ1n) is 5.56. The van der Waals surface area contributed by atoms with Crippen LogP contribution in [0.2, 0.25) is 0 Å². The van der Waals surface area contributed by atoms with Crippen molar-refractivity contribution in [2.24, 2.45) is 0 Å². The van der Waals surface area contributed by atoms with Gasteiger partial charge in [-0.2, -0.15) is 0 Å². The lowest BCUT2D eigenvalue weighted by atomic mass is 10.0. The molecule has 1 unspecified atom stereocenters. The number of hydrogen-bond acceptors (Lipinski definition) is 5. The third-order valence-corrected chi connectivity index (χ3v) is 2.50. The zero-order chi connectivity index (χ0) is 13.5. The molecule has 6 nitrogen and oxygen atoms in total. The Balaban J connectivity index is 3.07. The van der Waals surface area contributed by atoms with E-state index in [0.29, 0.717) is 5.56 Å². The van der Waals surface area contributed by atoms with Crippen LogP contribution < -0.4 is 0 Å². The fraction of sp³-hybridized carbons (Fsp3) is 0.500. The second kappa shape index (κ2) is 7.05. The van der Waals surface area contributed by atoms with Crippen molar-refractivity contribution in [3.05, 3.63) is 39.4 Å². The van der Waals surface area contributed by atoms with Gasteiger partial charge in [0.2, 0.25) is 0 Å². The van der Waals surface area contributed by atoms with Crippen LogP contribution in [0.25, 0.3) is 0 Å². The van der Waals surface area contributed by atoms with Crippen molar-refractivity contribution in [1.82, 2.24) is 0 Å². The van der Waals surface area contributed by atoms with Gasteiger partial charge in [-0.3, -0.25) is 10.1 Å². The molecule has 0 radical (unpaired) electrons. The second-order valence-electron chi connectivity index (χ2n) is 3.89. The van der Waals surface area contributed by atoms with Crippen LogP contribution in [0.1, 0.15) is 23.7 Å². The van der Waals surface area contributed by atoms with Gasteiger partial charge in [-0.1, -0.05) is 11.6 Å². The van der Waals surface area contributed by atoms with Crippen molar-refractivity contribution in [1.29, 1.82) is 0 Å². The van der Waals surface area contributed by atoms with Crippen LogP contribution in [-0.2, 0) is 9.47 Å². The lowest BCUT2D eigenvalue weighted by Gasteiger charge is -2.17. The van der Waals surface area contributed by atoms with E-state index in [4.69, 9.17) is 14.6 Å². The first-order valence-corrected chi connectivity index (χ1v) is 5.56. The van der Waals surface area contributed by atoms with Crippen LogP contribution >= 0.6 is 0 Å². The first-order chi connectivity index (χ1) is 8.60. The van der Waals surface area contributed by atoms with E-state index in [0.717, 1.165) is 5.56 Å². The summed E-state index contributed by atoms with van der Waals surface area (Å²) in [5.74, 6) is 0. The Morgan fingerprint density at radius 2 is 2.22 bits per heavy atom. The van der Waals surface area contributed by atoms with Crippen LogP contribution in [0.4, 0.5) is 5.69 Å². The van der Waals surface area contributed by atoms with Gasteiger partial charge in [0.15, 0.2) is 0 Å². The van der Waals surface area contributed by atoms with Gasteiger partial charge >= 0.3 is 0 Å². The van der Waals surface area contributed by atoms with Crippen molar-refractivity contribution in [3.8, 4) is 0 Å². The summed E-state index contributed by atoms with van der Waals surface area (Å²) < 4.78 is 10.2. The van der Waals surface area contributed by atoms with Crippen molar-refractivity contribution in [2.75, 3.05) is 20.5 Å². The topological polar surface area (TPSA) is 81.8 Å². The van der Waals surface area contributed by atoms with E-state index in [1.807, 2.05) is 6.92 Å². The molecule has 18 heavy (non-hydrogen) atoms. The molecule has 0 fully saturated rings. The highest BCUT2D eigenvalue weighted by Gasteiger charge is 2.22. The normalized spacial score (nSPS) is 12.4. The van der Waals surface area contributed by atoms with E-state index >= 15 is 0 Å². The van der Waals surface area contributed by atoms with Gasteiger partial charge in [-0.05, 0) is 13.0 Å². The third-order valence-electron chi connectivity index (χ3n) is 2.50. The highest BCUT2D eigenvalue weighted by Crippen LogP contribution is 2.30. The Hall–Kier alpha value is -1.50. The fourth-order valence-electron chi connectivity index (χ4n) is 1.69. The maximum Gasteiger partial charge on any atom is 0.275 e. The quantitative estimate of drug-likeness (QED) is 0.457. The molecule has 1 aromatic carbocycles. The molecule has 100 valence electrons. The molecule has 0 spiro atoms. The van der Waals surface area contributed by atoms with Crippen LogP contribution in [0, 0.1) is 17.0 Å². The zero-order valence-corrected chi connectivity index (χ0v) is 10.5. The average Bonchev–Trinajstić information content (AvgIpc) is 2.34. The number of aliphatic hydroxyl groups is 1. The molecule has 1 N–H and O–H groups in total. The van der Waals surface area contributed by atoms with Crippen molar-refractivity contribution < 1.29 is 19.5 Å². The summed E-state index contributed by atoms with van der Waals surface area (Å²) in [5, 5.41) is 20.0. The maximum absolute atomic E-state index is 11.0. The van der Waals surface area contributed by atoms with Gasteiger partial charge in [0.25, 0.3) is 5.69 Å². The van der Waals surface area contributed by atoms with Crippen molar-refractivity contribution in [3.63, 3.8) is 0 Å². The molecule has 0 saturated carbocycles. The molecular weight excluding hydrogens is 238 g/mol. The fourth-order valence-corrected chi connectivity index (χ4v) is 1.69. The lowest BCUT2D eigenvalue weighted by molar-refractivity contribution is -0.386. The van der Waals surface area contributed by atoms with E-state index in [9.17, 15) is 10.1 Å². The Kier molecular flexibility index (Phi) is 5.70. The summed E-state index contributed by atoms with van der Waals surface area (Å²) in [5.41, 5.74) is 1.36. The summed E-state index contributed by atoms with van der Waals surface area (Å²) in [6, 6.07) is 4.83. The first kappa shape index (κ1) is 14.6. The van der Waals surface area contributed by atoms with E-state index < -0.39 is 11.0 Å². The number of hydrogen-bond donors (Lipinski definition) is 1. The van der Waals surface area contributed by atoms with Crippen molar-refractivity contribution >= 4 is 5.69 Å². The lowest BCUT2D eigenvalue weighted by Crippen LogP contribution is -2.11. The third kappa shape index (κ3) is 3.76. The molecule has 1 rings (SSSR count). The Morgan fingerprint density at radius 1 is 1.50 bits per heavy atom. The zero-order valence-electron chi connectivity index (χ0n) is 10.5. The summed E-state index contributed by atoms with van der Waals surface area (Å²) in [6.45, 7) is 1.76. The van der Waals surface area contributed by atoms with Crippen LogP contribution in [0.5, 0.6) is 0 Å². The van der Waals surface area contributed by atoms with E-state index in [1.54, 1.807) is 12.1 Å². The molecular formula is C12H17NO5. The number of methoxy groups -OCH3 is 1. The average molecular weight is 255 g/mol. The molecule has 0 bridgehead atoms. The number of benzene rings is 1. The molecule has 6 heteroatoms. The smallest absolute Gasteiger partial charge is 0.275 e. The molecule has 1 atom stereocenters. The van der Waals surface area contributed by atoms with E-state index in [2.05, 4.69) is 0 Å². The Labute approximate surface area is 105 Å². The van der Waals surface area contributed by atoms with E-state index in [-0.39, 0.29) is 25.5 Å². The van der Waals surface area contributed by atoms with Gasteiger partial charge in [0.05, 0.1) is 16.6 Å². The number of aliphatic hydroxyl groups excluding tert-OH is 1. The van der Waals surface area contributed by atoms with Gasteiger partial charge in [0.1, 0.15) is 6.79 Å². The minimum absolute atomic E-state index is 0.00449. The van der Waals surface area contributed by atoms with Crippen LogP contribution in [-0.4, -0.2) is 30.5 Å². The number of rotatable bonds is 7. The van der Waals surface area contributed by atoms with Gasteiger partial charge in [-0.25, -0.2) is 0 Å². The maximum atomic E-state index is 11.0. The SMILES string of the molecule is COCOC(CCO)c1cc(C)ccc1[N+](=O)[O-]. The van der Waals surface area contributed by atoms with Crippen LogP contribution in [0.3, 0.4) is 0 Å². The Morgan fingerprint density at radius 3 is 2.78 bits per heavy atom. The molecule has 0 amide bonds. The predicted octanol–water partition coefficient (Wildman–Crippen LogP) is 1.95. The highest BCUT2D eigenvalue weighted by atomic mass is 16.7. The number of aryl methyl sites for hydroxylation is 1. The number of ether oxygens (including phenoxy) is 2. The molecule has 0 aliphatic carbocycles. The van der Waals surface area contributed by atoms with Crippen LogP contribution in [0.15, 0.2) is 18.2 Å². The molecule has 1 aromatic rings. The highest BCUT2D eigenvalue weighted by molar-refractivity contribution is 5.44.